The van der Waals surface area contributed by atoms with Crippen LogP contribution in [0.25, 0.3) is 0 Å². The summed E-state index contributed by atoms with van der Waals surface area (Å²) in [6.07, 6.45) is 0. The molecule has 2 rings (SSSR count). The van der Waals surface area contributed by atoms with Gasteiger partial charge in [0.2, 0.25) is 11.8 Å². The smallest absolute Gasteiger partial charge is 0.262 e. The fourth-order valence-electron chi connectivity index (χ4n) is 2.74. The quantitative estimate of drug-likeness (QED) is 0.763. The largest absolute Gasteiger partial charge is 0.358 e. The van der Waals surface area contributed by atoms with Gasteiger partial charge in [-0.05, 0) is 17.4 Å². The molecule has 2 heterocycles. The van der Waals surface area contributed by atoms with Gasteiger partial charge in [-0.25, -0.2) is 0 Å². The third-order valence-corrected chi connectivity index (χ3v) is 5.16. The molecule has 1 aromatic heterocycles. The van der Waals surface area contributed by atoms with Crippen LogP contribution in [0.2, 0.25) is 0 Å². The highest BCUT2D eigenvalue weighted by atomic mass is 32.1. The Balaban J connectivity index is 1.92. The highest BCUT2D eigenvalue weighted by molar-refractivity contribution is 7.12. The zero-order chi connectivity index (χ0) is 18.4. The van der Waals surface area contributed by atoms with Crippen LogP contribution >= 0.6 is 11.3 Å². The van der Waals surface area contributed by atoms with Crippen molar-refractivity contribution in [1.29, 1.82) is 0 Å². The number of nitrogens with zero attached hydrogens (tertiary/aromatic N) is 2. The molecule has 1 fully saturated rings. The number of hydrogen-bond donors (Lipinski definition) is 2. The number of nitrogens with one attached hydrogen (secondary N) is 2. The maximum atomic E-state index is 12.8. The molecule has 2 N–H and O–H groups in total. The van der Waals surface area contributed by atoms with E-state index in [2.05, 4.69) is 10.6 Å². The van der Waals surface area contributed by atoms with Gasteiger partial charge in [-0.1, -0.05) is 19.9 Å². The molecule has 3 amide bonds. The highest BCUT2D eigenvalue weighted by Gasteiger charge is 2.31. The Morgan fingerprint density at radius 2 is 1.88 bits per heavy atom. The topological polar surface area (TPSA) is 81.8 Å². The highest BCUT2D eigenvalue weighted by Crippen LogP contribution is 2.13. The van der Waals surface area contributed by atoms with E-state index in [1.807, 2.05) is 30.2 Å². The van der Waals surface area contributed by atoms with Crippen LogP contribution in [0.1, 0.15) is 23.5 Å². The standard InChI is InChI=1S/C17H26N4O3S/c1-12(2)15(19-16(23)13-5-4-10-25-13)17(24)21-8-6-20(7-9-21)11-14(22)18-3/h4-5,10,12,15H,6-9,11H2,1-3H3,(H,18,22)(H,19,23). The second kappa shape index (κ2) is 8.96. The lowest BCUT2D eigenvalue weighted by atomic mass is 10.0. The number of carbonyl (C=O) groups excluding carboxylic acids is 3. The Labute approximate surface area is 152 Å². The number of piperazine rings is 1. The minimum atomic E-state index is -0.542. The Morgan fingerprint density at radius 3 is 2.40 bits per heavy atom. The van der Waals surface area contributed by atoms with Crippen molar-refractivity contribution < 1.29 is 14.4 Å². The molecule has 138 valence electrons. The summed E-state index contributed by atoms with van der Waals surface area (Å²) in [5, 5.41) is 7.32. The van der Waals surface area contributed by atoms with Crippen LogP contribution in [0, 0.1) is 5.92 Å². The molecule has 8 heteroatoms. The molecule has 0 saturated carbocycles. The molecule has 1 aromatic rings. The van der Waals surface area contributed by atoms with Gasteiger partial charge in [-0.3, -0.25) is 19.3 Å². The zero-order valence-electron chi connectivity index (χ0n) is 14.9. The number of likely N-dealkylation sites (N-methyl/N-ethyl adjacent to an activating group) is 1. The first-order valence-corrected chi connectivity index (χ1v) is 9.36. The summed E-state index contributed by atoms with van der Waals surface area (Å²) in [7, 11) is 1.62. The first-order chi connectivity index (χ1) is 11.9. The average Bonchev–Trinajstić information content (AvgIpc) is 3.14. The van der Waals surface area contributed by atoms with E-state index in [1.165, 1.54) is 11.3 Å². The number of amides is 3. The van der Waals surface area contributed by atoms with Crippen LogP contribution in [0.3, 0.4) is 0 Å². The van der Waals surface area contributed by atoms with E-state index in [9.17, 15) is 14.4 Å². The zero-order valence-corrected chi connectivity index (χ0v) is 15.8. The van der Waals surface area contributed by atoms with Crippen LogP contribution in [0.15, 0.2) is 17.5 Å². The van der Waals surface area contributed by atoms with Crippen LogP contribution in [0.5, 0.6) is 0 Å². The van der Waals surface area contributed by atoms with Gasteiger partial charge in [0, 0.05) is 33.2 Å². The summed E-state index contributed by atoms with van der Waals surface area (Å²) in [5.41, 5.74) is 0. The molecule has 1 unspecified atom stereocenters. The fourth-order valence-corrected chi connectivity index (χ4v) is 3.37. The number of hydrogen-bond acceptors (Lipinski definition) is 5. The normalized spacial score (nSPS) is 16.6. The van der Waals surface area contributed by atoms with E-state index in [-0.39, 0.29) is 23.6 Å². The molecule has 25 heavy (non-hydrogen) atoms. The predicted octanol–water partition coefficient (Wildman–Crippen LogP) is 0.393. The van der Waals surface area contributed by atoms with Crippen molar-refractivity contribution in [2.75, 3.05) is 39.8 Å². The molecule has 1 aliphatic heterocycles. The monoisotopic (exact) mass is 366 g/mol. The van der Waals surface area contributed by atoms with Gasteiger partial charge in [-0.15, -0.1) is 11.3 Å². The minimum absolute atomic E-state index is 0.000288. The molecule has 0 aromatic carbocycles. The average molecular weight is 366 g/mol. The van der Waals surface area contributed by atoms with E-state index in [0.29, 0.717) is 37.6 Å². The van der Waals surface area contributed by atoms with Crippen molar-refractivity contribution in [1.82, 2.24) is 20.4 Å². The number of thiophene rings is 1. The van der Waals surface area contributed by atoms with Crippen molar-refractivity contribution in [2.24, 2.45) is 5.92 Å². The Kier molecular flexibility index (Phi) is 6.95. The molecule has 1 atom stereocenters. The van der Waals surface area contributed by atoms with Gasteiger partial charge in [0.1, 0.15) is 6.04 Å². The molecule has 1 aliphatic rings. The number of rotatable bonds is 6. The molecule has 0 aliphatic carbocycles. The van der Waals surface area contributed by atoms with E-state index < -0.39 is 6.04 Å². The molecule has 1 saturated heterocycles. The Morgan fingerprint density at radius 1 is 1.20 bits per heavy atom. The van der Waals surface area contributed by atoms with E-state index in [1.54, 1.807) is 18.0 Å². The molecular formula is C17H26N4O3S. The summed E-state index contributed by atoms with van der Waals surface area (Å²) in [4.78, 5) is 41.0. The van der Waals surface area contributed by atoms with Crippen LogP contribution in [-0.4, -0.2) is 73.3 Å². The van der Waals surface area contributed by atoms with Crippen LogP contribution in [-0.2, 0) is 9.59 Å². The summed E-state index contributed by atoms with van der Waals surface area (Å²) in [6, 6.07) is 3.02. The van der Waals surface area contributed by atoms with Gasteiger partial charge in [-0.2, -0.15) is 0 Å². The van der Waals surface area contributed by atoms with Gasteiger partial charge in [0.25, 0.3) is 5.91 Å². The lowest BCUT2D eigenvalue weighted by molar-refractivity contribution is -0.136. The third kappa shape index (κ3) is 5.27. The third-order valence-electron chi connectivity index (χ3n) is 4.29. The van der Waals surface area contributed by atoms with Crippen molar-refractivity contribution in [2.45, 2.75) is 19.9 Å². The van der Waals surface area contributed by atoms with Gasteiger partial charge >= 0.3 is 0 Å². The first kappa shape index (κ1) is 19.4. The predicted molar refractivity (Wildman–Crippen MR) is 97.5 cm³/mol. The molecule has 0 bridgehead atoms. The van der Waals surface area contributed by atoms with Crippen molar-refractivity contribution in [3.05, 3.63) is 22.4 Å². The van der Waals surface area contributed by atoms with Gasteiger partial charge in [0.05, 0.1) is 11.4 Å². The van der Waals surface area contributed by atoms with E-state index >= 15 is 0 Å². The molecule has 7 nitrogen and oxygen atoms in total. The van der Waals surface area contributed by atoms with E-state index in [4.69, 9.17) is 0 Å². The van der Waals surface area contributed by atoms with Crippen molar-refractivity contribution in [3.8, 4) is 0 Å². The van der Waals surface area contributed by atoms with Crippen LogP contribution < -0.4 is 10.6 Å². The maximum absolute atomic E-state index is 12.8. The lowest BCUT2D eigenvalue weighted by Gasteiger charge is -2.36. The second-order valence-corrected chi connectivity index (χ2v) is 7.39. The molecular weight excluding hydrogens is 340 g/mol. The minimum Gasteiger partial charge on any atom is -0.358 e. The Hall–Kier alpha value is -1.93. The first-order valence-electron chi connectivity index (χ1n) is 8.48. The maximum Gasteiger partial charge on any atom is 0.262 e. The Bertz CT molecular complexity index is 595. The second-order valence-electron chi connectivity index (χ2n) is 6.45. The SMILES string of the molecule is CNC(=O)CN1CCN(C(=O)C(NC(=O)c2cccs2)C(C)C)CC1. The van der Waals surface area contributed by atoms with Crippen molar-refractivity contribution >= 4 is 29.1 Å². The van der Waals surface area contributed by atoms with Crippen LogP contribution in [0.4, 0.5) is 0 Å². The summed E-state index contributed by atoms with van der Waals surface area (Å²) in [6.45, 7) is 6.65. The van der Waals surface area contributed by atoms with Crippen molar-refractivity contribution in [3.63, 3.8) is 0 Å². The van der Waals surface area contributed by atoms with Gasteiger partial charge < -0.3 is 15.5 Å². The van der Waals surface area contributed by atoms with E-state index in [0.717, 1.165) is 0 Å². The lowest BCUT2D eigenvalue weighted by Crippen LogP contribution is -2.57. The molecule has 0 radical (unpaired) electrons. The summed E-state index contributed by atoms with van der Waals surface area (Å²) < 4.78 is 0. The van der Waals surface area contributed by atoms with Gasteiger partial charge in [0.15, 0.2) is 0 Å². The summed E-state index contributed by atoms with van der Waals surface area (Å²) in [5.74, 6) is -0.289. The summed E-state index contributed by atoms with van der Waals surface area (Å²) >= 11 is 1.36. The number of carbonyl (C=O) groups is 3. The molecule has 0 spiro atoms. The fraction of sp³-hybridized carbons (Fsp3) is 0.588.